The second-order valence-corrected chi connectivity index (χ2v) is 4.36. The molecule has 17 heavy (non-hydrogen) atoms. The van der Waals surface area contributed by atoms with E-state index in [2.05, 4.69) is 24.4 Å². The average Bonchev–Trinajstić information content (AvgIpc) is 2.41. The number of ether oxygens (including phenoxy) is 2. The van der Waals surface area contributed by atoms with E-state index in [-0.39, 0.29) is 0 Å². The number of aryl methyl sites for hydroxylation is 1. The molecule has 3 heteroatoms. The van der Waals surface area contributed by atoms with Crippen molar-refractivity contribution in [2.75, 3.05) is 26.4 Å². The Bertz CT molecular complexity index is 317. The summed E-state index contributed by atoms with van der Waals surface area (Å²) >= 11 is 0. The molecule has 0 aromatic heterocycles. The van der Waals surface area contributed by atoms with Crippen LogP contribution in [-0.2, 0) is 11.2 Å². The zero-order chi connectivity index (χ0) is 11.9. The lowest BCUT2D eigenvalue weighted by atomic mass is 10.2. The third-order valence-electron chi connectivity index (χ3n) is 3.07. The topological polar surface area (TPSA) is 30.5 Å². The Labute approximate surface area is 103 Å². The van der Waals surface area contributed by atoms with E-state index in [0.29, 0.717) is 6.04 Å². The van der Waals surface area contributed by atoms with E-state index in [0.717, 1.165) is 45.0 Å². The van der Waals surface area contributed by atoms with Crippen molar-refractivity contribution in [1.29, 1.82) is 0 Å². The summed E-state index contributed by atoms with van der Waals surface area (Å²) in [6.07, 6.45) is 2.07. The molecule has 0 spiro atoms. The fourth-order valence-electron chi connectivity index (χ4n) is 1.95. The highest BCUT2D eigenvalue weighted by molar-refractivity contribution is 5.27. The second kappa shape index (κ2) is 6.62. The Morgan fingerprint density at radius 2 is 2.18 bits per heavy atom. The lowest BCUT2D eigenvalue weighted by Gasteiger charge is -2.23. The summed E-state index contributed by atoms with van der Waals surface area (Å²) in [5, 5.41) is 3.42. The molecule has 1 aromatic carbocycles. The van der Waals surface area contributed by atoms with Crippen molar-refractivity contribution in [1.82, 2.24) is 5.32 Å². The first-order valence-electron chi connectivity index (χ1n) is 6.41. The fourth-order valence-corrected chi connectivity index (χ4v) is 1.95. The van der Waals surface area contributed by atoms with Crippen molar-refractivity contribution in [3.05, 3.63) is 29.8 Å². The molecule has 1 aromatic rings. The summed E-state index contributed by atoms with van der Waals surface area (Å²) in [7, 11) is 0. The summed E-state index contributed by atoms with van der Waals surface area (Å²) in [5.41, 5.74) is 1.35. The van der Waals surface area contributed by atoms with Crippen molar-refractivity contribution in [2.45, 2.75) is 25.8 Å². The van der Waals surface area contributed by atoms with Gasteiger partial charge in [-0.25, -0.2) is 0 Å². The van der Waals surface area contributed by atoms with Gasteiger partial charge in [-0.2, -0.15) is 0 Å². The number of benzene rings is 1. The van der Waals surface area contributed by atoms with Crippen molar-refractivity contribution < 1.29 is 9.47 Å². The quantitative estimate of drug-likeness (QED) is 0.847. The third kappa shape index (κ3) is 4.02. The molecule has 0 radical (unpaired) electrons. The van der Waals surface area contributed by atoms with Gasteiger partial charge in [-0.05, 0) is 30.5 Å². The molecular formula is C14H21NO2. The predicted octanol–water partition coefficient (Wildman–Crippen LogP) is 2.01. The monoisotopic (exact) mass is 235 g/mol. The molecule has 1 heterocycles. The molecule has 1 aliphatic heterocycles. The van der Waals surface area contributed by atoms with Crippen LogP contribution in [0.3, 0.4) is 0 Å². The maximum atomic E-state index is 5.71. The standard InChI is InChI=1S/C14H21NO2/c1-2-12-3-5-14(6-4-12)17-9-7-13-11-16-10-8-15-13/h3-6,13,15H,2,7-11H2,1H3. The molecule has 94 valence electrons. The Morgan fingerprint density at radius 3 is 2.82 bits per heavy atom. The van der Waals surface area contributed by atoms with Crippen LogP contribution in [0, 0.1) is 0 Å². The van der Waals surface area contributed by atoms with Crippen LogP contribution < -0.4 is 10.1 Å². The van der Waals surface area contributed by atoms with Gasteiger partial charge >= 0.3 is 0 Å². The molecule has 1 aliphatic rings. The number of hydrogen-bond donors (Lipinski definition) is 1. The molecule has 1 saturated heterocycles. The van der Waals surface area contributed by atoms with Crippen molar-refractivity contribution in [2.24, 2.45) is 0 Å². The van der Waals surface area contributed by atoms with Crippen LogP contribution in [0.4, 0.5) is 0 Å². The van der Waals surface area contributed by atoms with E-state index < -0.39 is 0 Å². The Morgan fingerprint density at radius 1 is 1.35 bits per heavy atom. The van der Waals surface area contributed by atoms with Gasteiger partial charge in [-0.3, -0.25) is 0 Å². The normalized spacial score (nSPS) is 20.2. The van der Waals surface area contributed by atoms with Gasteiger partial charge in [-0.15, -0.1) is 0 Å². The van der Waals surface area contributed by atoms with Crippen molar-refractivity contribution in [3.63, 3.8) is 0 Å². The minimum absolute atomic E-state index is 0.443. The SMILES string of the molecule is CCc1ccc(OCCC2COCCN2)cc1. The van der Waals surface area contributed by atoms with Crippen molar-refractivity contribution >= 4 is 0 Å². The van der Waals surface area contributed by atoms with E-state index in [9.17, 15) is 0 Å². The third-order valence-corrected chi connectivity index (χ3v) is 3.07. The summed E-state index contributed by atoms with van der Waals surface area (Å²) in [6, 6.07) is 8.78. The van der Waals surface area contributed by atoms with Crippen LogP contribution in [0.5, 0.6) is 5.75 Å². The summed E-state index contributed by atoms with van der Waals surface area (Å²) < 4.78 is 11.1. The largest absolute Gasteiger partial charge is 0.494 e. The van der Waals surface area contributed by atoms with Crippen molar-refractivity contribution in [3.8, 4) is 5.75 Å². The Hall–Kier alpha value is -1.06. The lowest BCUT2D eigenvalue weighted by Crippen LogP contribution is -2.41. The second-order valence-electron chi connectivity index (χ2n) is 4.36. The summed E-state index contributed by atoms with van der Waals surface area (Å²) in [6.45, 7) is 5.49. The van der Waals surface area contributed by atoms with Gasteiger partial charge in [0.05, 0.1) is 19.8 Å². The fraction of sp³-hybridized carbons (Fsp3) is 0.571. The molecule has 3 nitrogen and oxygen atoms in total. The molecule has 1 atom stereocenters. The summed E-state index contributed by atoms with van der Waals surface area (Å²) in [4.78, 5) is 0. The number of hydrogen-bond acceptors (Lipinski definition) is 3. The first-order chi connectivity index (χ1) is 8.38. The molecule has 0 aliphatic carbocycles. The van der Waals surface area contributed by atoms with E-state index in [1.54, 1.807) is 0 Å². The molecule has 0 saturated carbocycles. The maximum absolute atomic E-state index is 5.71. The average molecular weight is 235 g/mol. The molecule has 1 fully saturated rings. The van der Waals surface area contributed by atoms with E-state index in [1.165, 1.54) is 5.56 Å². The van der Waals surface area contributed by atoms with Gasteiger partial charge in [0.15, 0.2) is 0 Å². The van der Waals surface area contributed by atoms with E-state index in [1.807, 2.05) is 12.1 Å². The van der Waals surface area contributed by atoms with Crippen LogP contribution in [0.25, 0.3) is 0 Å². The van der Waals surface area contributed by atoms with Crippen LogP contribution >= 0.6 is 0 Å². The molecule has 1 unspecified atom stereocenters. The molecule has 0 bridgehead atoms. The van der Waals surface area contributed by atoms with Crippen LogP contribution in [0.2, 0.25) is 0 Å². The molecule has 0 amide bonds. The molecular weight excluding hydrogens is 214 g/mol. The minimum atomic E-state index is 0.443. The van der Waals surface area contributed by atoms with Crippen LogP contribution in [-0.4, -0.2) is 32.4 Å². The highest BCUT2D eigenvalue weighted by Gasteiger charge is 2.12. The van der Waals surface area contributed by atoms with Gasteiger partial charge in [0, 0.05) is 12.6 Å². The zero-order valence-electron chi connectivity index (χ0n) is 10.4. The Kier molecular flexibility index (Phi) is 4.83. The van der Waals surface area contributed by atoms with Crippen LogP contribution in [0.15, 0.2) is 24.3 Å². The van der Waals surface area contributed by atoms with E-state index in [4.69, 9.17) is 9.47 Å². The van der Waals surface area contributed by atoms with Crippen LogP contribution in [0.1, 0.15) is 18.9 Å². The number of morpholine rings is 1. The highest BCUT2D eigenvalue weighted by Crippen LogP contribution is 2.13. The minimum Gasteiger partial charge on any atom is -0.494 e. The van der Waals surface area contributed by atoms with Gasteiger partial charge in [0.2, 0.25) is 0 Å². The highest BCUT2D eigenvalue weighted by atomic mass is 16.5. The smallest absolute Gasteiger partial charge is 0.119 e. The number of nitrogens with one attached hydrogen (secondary N) is 1. The molecule has 2 rings (SSSR count). The Balaban J connectivity index is 1.69. The first kappa shape index (κ1) is 12.4. The van der Waals surface area contributed by atoms with Gasteiger partial charge in [0.1, 0.15) is 5.75 Å². The predicted molar refractivity (Wildman–Crippen MR) is 68.5 cm³/mol. The summed E-state index contributed by atoms with van der Waals surface area (Å²) in [5.74, 6) is 0.957. The molecule has 1 N–H and O–H groups in total. The zero-order valence-corrected chi connectivity index (χ0v) is 10.4. The number of rotatable bonds is 5. The van der Waals surface area contributed by atoms with Gasteiger partial charge < -0.3 is 14.8 Å². The van der Waals surface area contributed by atoms with Gasteiger partial charge in [-0.1, -0.05) is 19.1 Å². The van der Waals surface area contributed by atoms with E-state index >= 15 is 0 Å². The first-order valence-corrected chi connectivity index (χ1v) is 6.41. The van der Waals surface area contributed by atoms with Gasteiger partial charge in [0.25, 0.3) is 0 Å². The lowest BCUT2D eigenvalue weighted by molar-refractivity contribution is 0.0691. The maximum Gasteiger partial charge on any atom is 0.119 e.